The summed E-state index contributed by atoms with van der Waals surface area (Å²) >= 11 is 0. The van der Waals surface area contributed by atoms with Crippen LogP contribution in [0.2, 0.25) is 0 Å². The van der Waals surface area contributed by atoms with Crippen LogP contribution in [0.3, 0.4) is 0 Å². The number of alkyl halides is 6. The molecule has 3 rings (SSSR count). The molecule has 0 saturated carbocycles. The number of rotatable bonds is 3. The average Bonchev–Trinajstić information content (AvgIpc) is 2.76. The fourth-order valence-electron chi connectivity index (χ4n) is 2.31. The van der Waals surface area contributed by atoms with Crippen molar-refractivity contribution in [2.45, 2.75) is 12.4 Å². The number of halogens is 6. The second-order valence-corrected chi connectivity index (χ2v) is 8.56. The predicted octanol–water partition coefficient (Wildman–Crippen LogP) is 5.34. The largest absolute Gasteiger partial charge is 2.00 e. The van der Waals surface area contributed by atoms with Gasteiger partial charge in [-0.2, -0.15) is 26.3 Å². The van der Waals surface area contributed by atoms with E-state index in [1.807, 2.05) is 0 Å². The van der Waals surface area contributed by atoms with Crippen molar-refractivity contribution in [3.05, 3.63) is 106 Å². The van der Waals surface area contributed by atoms with E-state index in [1.165, 1.54) is 15.9 Å². The second-order valence-electron chi connectivity index (χ2n) is 6.08. The van der Waals surface area contributed by atoms with Crippen molar-refractivity contribution in [1.82, 2.24) is 0 Å². The third kappa shape index (κ3) is 14.0. The van der Waals surface area contributed by atoms with Gasteiger partial charge in [0.25, 0.3) is 0 Å². The van der Waals surface area contributed by atoms with Crippen LogP contribution in [0, 0.1) is 14.9 Å². The number of aliphatic carboxylic acids is 2. The first kappa shape index (κ1) is 37.8. The Balaban J connectivity index is -0.000000544. The summed E-state index contributed by atoms with van der Waals surface area (Å²) in [7, 11) is -0.877. The van der Waals surface area contributed by atoms with E-state index in [0.717, 1.165) is 0 Å². The summed E-state index contributed by atoms with van der Waals surface area (Å²) in [5.74, 6) is -5.51. The van der Waals surface area contributed by atoms with Gasteiger partial charge in [-0.25, -0.2) is 9.59 Å². The zero-order valence-corrected chi connectivity index (χ0v) is 21.7. The van der Waals surface area contributed by atoms with E-state index < -0.39 is 32.2 Å². The molecule has 0 amide bonds. The molecule has 3 aromatic rings. The molecule has 0 aliphatic heterocycles. The van der Waals surface area contributed by atoms with Crippen LogP contribution in [0.5, 0.6) is 0 Å². The standard InChI is InChI=1S/C18H15P.2C2HF3O2.2CH3.Ru/c1-4-10-16(11-5-1)19(17-12-6-2-7-13-17)18-14-8-3-9-15-18;2*3-2(4,5)1(6)7;;;/h1-15H;2*(H,6,7);2*1H3;/q;;;2*-1;+2/p+1. The van der Waals surface area contributed by atoms with Crippen molar-refractivity contribution in [2.24, 2.45) is 0 Å². The molecule has 36 heavy (non-hydrogen) atoms. The average molecular weight is 622 g/mol. The summed E-state index contributed by atoms with van der Waals surface area (Å²) in [6, 6.07) is 32.5. The van der Waals surface area contributed by atoms with Gasteiger partial charge in [-0.15, -0.1) is 0 Å². The van der Waals surface area contributed by atoms with Crippen LogP contribution in [0.25, 0.3) is 0 Å². The maximum absolute atomic E-state index is 10.6. The van der Waals surface area contributed by atoms with Gasteiger partial charge >= 0.3 is 43.8 Å². The molecule has 0 radical (unpaired) electrons. The van der Waals surface area contributed by atoms with Gasteiger partial charge in [0.05, 0.1) is 7.92 Å². The van der Waals surface area contributed by atoms with Gasteiger partial charge < -0.3 is 25.1 Å². The number of hydrogen-bond donors (Lipinski definition) is 2. The van der Waals surface area contributed by atoms with E-state index >= 15 is 0 Å². The summed E-state index contributed by atoms with van der Waals surface area (Å²) < 4.78 is 63.5. The van der Waals surface area contributed by atoms with Crippen molar-refractivity contribution in [3.63, 3.8) is 0 Å². The molecule has 198 valence electrons. The number of carbonyl (C=O) groups is 2. The first-order valence-corrected chi connectivity index (χ1v) is 10.5. The normalized spacial score (nSPS) is 9.97. The zero-order chi connectivity index (χ0) is 25.1. The molecule has 0 unspecified atom stereocenters. The molecule has 0 bridgehead atoms. The molecule has 0 aliphatic carbocycles. The van der Waals surface area contributed by atoms with Crippen LogP contribution in [-0.4, -0.2) is 34.5 Å². The molecule has 0 saturated heterocycles. The summed E-state index contributed by atoms with van der Waals surface area (Å²) in [6.07, 6.45) is -10.2. The third-order valence-electron chi connectivity index (χ3n) is 3.67. The molecule has 0 heterocycles. The van der Waals surface area contributed by atoms with Crippen LogP contribution >= 0.6 is 7.92 Å². The minimum absolute atomic E-state index is 0. The molecule has 0 aliphatic rings. The summed E-state index contributed by atoms with van der Waals surface area (Å²) in [5, 5.41) is 18.6. The molecule has 12 heteroatoms. The van der Waals surface area contributed by atoms with Gasteiger partial charge in [-0.1, -0.05) is 54.6 Å². The molecule has 4 nitrogen and oxygen atoms in total. The molecular weight excluding hydrogens is 598 g/mol. The van der Waals surface area contributed by atoms with E-state index in [0.29, 0.717) is 0 Å². The minimum Gasteiger partial charge on any atom is -0.475 e. The van der Waals surface area contributed by atoms with Crippen molar-refractivity contribution < 1.29 is 65.6 Å². The number of carboxylic acid groups (broad SMARTS) is 2. The fraction of sp³-hybridized carbons (Fsp3) is 0.0833. The Morgan fingerprint density at radius 1 is 0.528 bits per heavy atom. The van der Waals surface area contributed by atoms with Gasteiger partial charge in [-0.05, 0) is 36.4 Å². The summed E-state index contributed by atoms with van der Waals surface area (Å²) in [4.78, 5) is 17.8. The Kier molecular flexibility index (Phi) is 18.5. The molecule has 0 atom stereocenters. The molecule has 2 N–H and O–H groups in total. The Bertz CT molecular complexity index is 884. The van der Waals surface area contributed by atoms with Crippen molar-refractivity contribution >= 4 is 35.8 Å². The van der Waals surface area contributed by atoms with Crippen molar-refractivity contribution in [1.29, 1.82) is 0 Å². The molecule has 0 spiro atoms. The van der Waals surface area contributed by atoms with Crippen LogP contribution in [0.15, 0.2) is 91.0 Å². The van der Waals surface area contributed by atoms with Crippen LogP contribution in [-0.2, 0) is 29.1 Å². The summed E-state index contributed by atoms with van der Waals surface area (Å²) in [6.45, 7) is 0. The zero-order valence-electron chi connectivity index (χ0n) is 19.0. The molecule has 0 aromatic heterocycles. The van der Waals surface area contributed by atoms with Gasteiger partial charge in [0.2, 0.25) is 0 Å². The third-order valence-corrected chi connectivity index (χ3v) is 6.40. The van der Waals surface area contributed by atoms with E-state index in [2.05, 4.69) is 91.0 Å². The molecule has 0 fully saturated rings. The number of benzene rings is 3. The van der Waals surface area contributed by atoms with E-state index in [1.54, 1.807) is 0 Å². The Labute approximate surface area is 219 Å². The topological polar surface area (TPSA) is 74.6 Å². The minimum atomic E-state index is -5.08. The second kappa shape index (κ2) is 17.6. The van der Waals surface area contributed by atoms with Gasteiger partial charge in [0, 0.05) is 0 Å². The van der Waals surface area contributed by atoms with Gasteiger partial charge in [0.15, 0.2) is 0 Å². The fourth-order valence-corrected chi connectivity index (χ4v) is 4.89. The van der Waals surface area contributed by atoms with E-state index in [9.17, 15) is 26.3 Å². The van der Waals surface area contributed by atoms with E-state index in [4.69, 9.17) is 19.8 Å². The van der Waals surface area contributed by atoms with Gasteiger partial charge in [-0.3, -0.25) is 0 Å². The van der Waals surface area contributed by atoms with Crippen LogP contribution < -0.4 is 15.9 Å². The maximum Gasteiger partial charge on any atom is 2.00 e. The number of hydrogen-bond acceptors (Lipinski definition) is 2. The monoisotopic (exact) mass is 623 g/mol. The molecular formula is C24H24F6O4PRu+. The van der Waals surface area contributed by atoms with Crippen molar-refractivity contribution in [3.8, 4) is 0 Å². The first-order valence-electron chi connectivity index (χ1n) is 8.97. The summed E-state index contributed by atoms with van der Waals surface area (Å²) in [5.41, 5.74) is 0. The SMILES string of the molecule is O=C(O)C(F)(F)F.O=C(O)C(F)(F)F.[CH3-].[CH3-].[Ru+2].c1ccc([PH+](c2ccccc2)c2ccccc2)cc1. The van der Waals surface area contributed by atoms with Crippen molar-refractivity contribution in [2.75, 3.05) is 0 Å². The molecule has 3 aromatic carbocycles. The Morgan fingerprint density at radius 3 is 0.833 bits per heavy atom. The Hall–Kier alpha value is -2.77. The predicted molar refractivity (Wildman–Crippen MR) is 127 cm³/mol. The smallest absolute Gasteiger partial charge is 0.475 e. The Morgan fingerprint density at radius 2 is 0.694 bits per heavy atom. The van der Waals surface area contributed by atoms with Gasteiger partial charge in [0.1, 0.15) is 15.9 Å². The first-order chi connectivity index (χ1) is 15.3. The van der Waals surface area contributed by atoms with Crippen LogP contribution in [0.1, 0.15) is 0 Å². The maximum atomic E-state index is 10.6. The number of carboxylic acids is 2. The van der Waals surface area contributed by atoms with E-state index in [-0.39, 0.29) is 34.3 Å². The van der Waals surface area contributed by atoms with Crippen LogP contribution in [0.4, 0.5) is 26.3 Å². The quantitative estimate of drug-likeness (QED) is 0.179.